The molecule has 0 aliphatic carbocycles. The lowest BCUT2D eigenvalue weighted by Crippen LogP contribution is -2.24. The van der Waals surface area contributed by atoms with Gasteiger partial charge in [-0.3, -0.25) is 9.67 Å². The first kappa shape index (κ1) is 17.2. The molecular formula is C16H14F2N4O2S. The second-order valence-corrected chi connectivity index (χ2v) is 7.05. The van der Waals surface area contributed by atoms with E-state index in [4.69, 9.17) is 0 Å². The van der Waals surface area contributed by atoms with Gasteiger partial charge in [-0.15, -0.1) is 0 Å². The SMILES string of the molecule is Cn1cc(-c2ncccc2CNS(=O)(=O)c2cc(F)ccc2F)cn1. The quantitative estimate of drug-likeness (QED) is 0.753. The number of nitrogens with zero attached hydrogens (tertiary/aromatic N) is 3. The van der Waals surface area contributed by atoms with Gasteiger partial charge in [-0.1, -0.05) is 6.07 Å². The van der Waals surface area contributed by atoms with Crippen molar-refractivity contribution in [2.75, 3.05) is 0 Å². The zero-order valence-corrected chi connectivity index (χ0v) is 14.0. The largest absolute Gasteiger partial charge is 0.275 e. The Hall–Kier alpha value is -2.65. The van der Waals surface area contributed by atoms with E-state index in [-0.39, 0.29) is 6.54 Å². The average molecular weight is 364 g/mol. The summed E-state index contributed by atoms with van der Waals surface area (Å²) in [5, 5.41) is 4.06. The summed E-state index contributed by atoms with van der Waals surface area (Å²) in [5.74, 6) is -1.85. The minimum Gasteiger partial charge on any atom is -0.275 e. The predicted molar refractivity (Wildman–Crippen MR) is 86.8 cm³/mol. The van der Waals surface area contributed by atoms with Crippen LogP contribution in [0.4, 0.5) is 8.78 Å². The van der Waals surface area contributed by atoms with Crippen LogP contribution in [0.15, 0.2) is 53.8 Å². The molecule has 25 heavy (non-hydrogen) atoms. The molecule has 0 saturated carbocycles. The molecule has 9 heteroatoms. The van der Waals surface area contributed by atoms with Gasteiger partial charge in [0.1, 0.15) is 16.5 Å². The number of benzene rings is 1. The normalized spacial score (nSPS) is 11.6. The lowest BCUT2D eigenvalue weighted by molar-refractivity contribution is 0.545. The topological polar surface area (TPSA) is 76.9 Å². The van der Waals surface area contributed by atoms with Crippen LogP contribution in [-0.4, -0.2) is 23.2 Å². The fourth-order valence-electron chi connectivity index (χ4n) is 2.32. The lowest BCUT2D eigenvalue weighted by atomic mass is 10.1. The Morgan fingerprint density at radius 1 is 1.24 bits per heavy atom. The van der Waals surface area contributed by atoms with Crippen molar-refractivity contribution in [2.45, 2.75) is 11.4 Å². The molecule has 0 aliphatic rings. The van der Waals surface area contributed by atoms with Crippen LogP contribution in [0, 0.1) is 11.6 Å². The summed E-state index contributed by atoms with van der Waals surface area (Å²) in [6.07, 6.45) is 4.92. The van der Waals surface area contributed by atoms with Crippen molar-refractivity contribution in [3.8, 4) is 11.3 Å². The van der Waals surface area contributed by atoms with Gasteiger partial charge >= 0.3 is 0 Å². The highest BCUT2D eigenvalue weighted by Gasteiger charge is 2.20. The molecular weight excluding hydrogens is 350 g/mol. The number of hydrogen-bond acceptors (Lipinski definition) is 4. The molecule has 2 aromatic heterocycles. The molecule has 0 saturated heterocycles. The second kappa shape index (κ2) is 6.69. The van der Waals surface area contributed by atoms with Crippen molar-refractivity contribution in [1.82, 2.24) is 19.5 Å². The third-order valence-corrected chi connectivity index (χ3v) is 4.92. The molecule has 0 bridgehead atoms. The van der Waals surface area contributed by atoms with E-state index in [1.165, 1.54) is 0 Å². The molecule has 6 nitrogen and oxygen atoms in total. The van der Waals surface area contributed by atoms with Crippen molar-refractivity contribution in [3.05, 3.63) is 66.1 Å². The number of aryl methyl sites for hydroxylation is 1. The van der Waals surface area contributed by atoms with Crippen LogP contribution in [0.3, 0.4) is 0 Å². The van der Waals surface area contributed by atoms with E-state index in [2.05, 4.69) is 14.8 Å². The number of aromatic nitrogens is 3. The maximum atomic E-state index is 13.7. The van der Waals surface area contributed by atoms with E-state index < -0.39 is 26.6 Å². The van der Waals surface area contributed by atoms with Gasteiger partial charge in [0.15, 0.2) is 0 Å². The maximum Gasteiger partial charge on any atom is 0.243 e. The summed E-state index contributed by atoms with van der Waals surface area (Å²) in [6, 6.07) is 5.63. The van der Waals surface area contributed by atoms with E-state index in [9.17, 15) is 17.2 Å². The van der Waals surface area contributed by atoms with Crippen LogP contribution in [0.1, 0.15) is 5.56 Å². The molecule has 0 aliphatic heterocycles. The molecule has 0 atom stereocenters. The van der Waals surface area contributed by atoms with E-state index >= 15 is 0 Å². The molecule has 2 heterocycles. The van der Waals surface area contributed by atoms with Gasteiger partial charge in [0.2, 0.25) is 10.0 Å². The number of hydrogen-bond donors (Lipinski definition) is 1. The fourth-order valence-corrected chi connectivity index (χ4v) is 3.41. The minimum absolute atomic E-state index is 0.129. The number of sulfonamides is 1. The fraction of sp³-hybridized carbons (Fsp3) is 0.125. The molecule has 0 radical (unpaired) electrons. The number of halogens is 2. The molecule has 130 valence electrons. The Kier molecular flexibility index (Phi) is 4.60. The number of pyridine rings is 1. The van der Waals surface area contributed by atoms with Crippen molar-refractivity contribution < 1.29 is 17.2 Å². The first-order chi connectivity index (χ1) is 11.9. The van der Waals surface area contributed by atoms with Crippen LogP contribution in [0.5, 0.6) is 0 Å². The van der Waals surface area contributed by atoms with E-state index in [0.717, 1.165) is 12.1 Å². The summed E-state index contributed by atoms with van der Waals surface area (Å²) in [4.78, 5) is 3.51. The van der Waals surface area contributed by atoms with E-state index in [0.29, 0.717) is 22.9 Å². The van der Waals surface area contributed by atoms with Crippen molar-refractivity contribution in [2.24, 2.45) is 7.05 Å². The first-order valence-electron chi connectivity index (χ1n) is 7.24. The molecule has 0 amide bonds. The molecule has 0 unspecified atom stereocenters. The van der Waals surface area contributed by atoms with Gasteiger partial charge in [-0.05, 0) is 29.8 Å². The highest BCUT2D eigenvalue weighted by Crippen LogP contribution is 2.21. The lowest BCUT2D eigenvalue weighted by Gasteiger charge is -2.10. The number of nitrogens with one attached hydrogen (secondary N) is 1. The van der Waals surface area contributed by atoms with Crippen LogP contribution in [0.25, 0.3) is 11.3 Å². The van der Waals surface area contributed by atoms with E-state index in [1.807, 2.05) is 0 Å². The third kappa shape index (κ3) is 3.72. The van der Waals surface area contributed by atoms with Crippen LogP contribution < -0.4 is 4.72 Å². The van der Waals surface area contributed by atoms with Crippen molar-refractivity contribution in [3.63, 3.8) is 0 Å². The Bertz CT molecular complexity index is 1020. The summed E-state index contributed by atoms with van der Waals surface area (Å²) in [5.41, 5.74) is 1.85. The van der Waals surface area contributed by atoms with Crippen molar-refractivity contribution in [1.29, 1.82) is 0 Å². The van der Waals surface area contributed by atoms with Gasteiger partial charge in [-0.2, -0.15) is 5.10 Å². The van der Waals surface area contributed by atoms with Gasteiger partial charge in [0.25, 0.3) is 0 Å². The highest BCUT2D eigenvalue weighted by molar-refractivity contribution is 7.89. The predicted octanol–water partition coefficient (Wildman–Crippen LogP) is 2.24. The highest BCUT2D eigenvalue weighted by atomic mass is 32.2. The Labute approximate surface area is 143 Å². The Morgan fingerprint density at radius 2 is 2.04 bits per heavy atom. The number of rotatable bonds is 5. The average Bonchev–Trinajstić information content (AvgIpc) is 3.02. The van der Waals surface area contributed by atoms with Crippen LogP contribution in [-0.2, 0) is 23.6 Å². The molecule has 1 N–H and O–H groups in total. The Balaban J connectivity index is 1.88. The van der Waals surface area contributed by atoms with Crippen LogP contribution >= 0.6 is 0 Å². The van der Waals surface area contributed by atoms with Gasteiger partial charge in [-0.25, -0.2) is 21.9 Å². The van der Waals surface area contributed by atoms with Gasteiger partial charge < -0.3 is 0 Å². The molecule has 0 spiro atoms. The molecule has 3 aromatic rings. The minimum atomic E-state index is -4.22. The van der Waals surface area contributed by atoms with E-state index in [1.54, 1.807) is 42.5 Å². The summed E-state index contributed by atoms with van der Waals surface area (Å²) < 4.78 is 55.4. The first-order valence-corrected chi connectivity index (χ1v) is 8.73. The van der Waals surface area contributed by atoms with Crippen LogP contribution in [0.2, 0.25) is 0 Å². The maximum absolute atomic E-state index is 13.7. The molecule has 1 aromatic carbocycles. The van der Waals surface area contributed by atoms with Gasteiger partial charge in [0.05, 0.1) is 11.9 Å². The summed E-state index contributed by atoms with van der Waals surface area (Å²) >= 11 is 0. The second-order valence-electron chi connectivity index (χ2n) is 5.31. The third-order valence-electron chi connectivity index (χ3n) is 3.50. The monoisotopic (exact) mass is 364 g/mol. The van der Waals surface area contributed by atoms with Crippen molar-refractivity contribution >= 4 is 10.0 Å². The summed E-state index contributed by atoms with van der Waals surface area (Å²) in [7, 11) is -2.47. The zero-order valence-electron chi connectivity index (χ0n) is 13.1. The van der Waals surface area contributed by atoms with Gasteiger partial charge in [0, 0.05) is 31.5 Å². The smallest absolute Gasteiger partial charge is 0.243 e. The zero-order chi connectivity index (χ0) is 18.0. The Morgan fingerprint density at radius 3 is 2.76 bits per heavy atom. The standard InChI is InChI=1S/C16H14F2N4O2S/c1-22-10-12(8-20-22)16-11(3-2-6-19-16)9-21-25(23,24)15-7-13(17)4-5-14(15)18/h2-8,10,21H,9H2,1H3. The summed E-state index contributed by atoms with van der Waals surface area (Å²) in [6.45, 7) is -0.129. The molecule has 0 fully saturated rings. The molecule has 3 rings (SSSR count).